The molecule has 0 unspecified atom stereocenters. The van der Waals surface area contributed by atoms with Crippen molar-refractivity contribution in [1.82, 2.24) is 40.1 Å². The molecule has 0 saturated carbocycles. The number of rotatable bonds is 3. The lowest BCUT2D eigenvalue weighted by Gasteiger charge is -2.10. The molecule has 0 amide bonds. The SMILES string of the molecule is CCc1nc2c3nccnc3c3cc(-c4ccc5c(c4)c4cnncc4c4nc(C(C)C)[nH]c54)ccc3c2[nH]1. The van der Waals surface area contributed by atoms with E-state index in [2.05, 4.69) is 82.3 Å². The van der Waals surface area contributed by atoms with Gasteiger partial charge in [-0.2, -0.15) is 10.2 Å². The molecule has 8 heteroatoms. The molecule has 4 aromatic carbocycles. The normalized spacial score (nSPS) is 12.3. The highest BCUT2D eigenvalue weighted by molar-refractivity contribution is 6.24. The summed E-state index contributed by atoms with van der Waals surface area (Å²) >= 11 is 0. The van der Waals surface area contributed by atoms with E-state index in [1.165, 1.54) is 0 Å². The standard InChI is InChI=1S/C31H24N8/c1-4-24-36-27-19-8-6-17(12-21(19)25-29(30(27)37-24)33-10-9-32-25)16-5-7-18-20(11-16)22-13-34-35-14-23(22)28-26(18)38-31(39-28)15(2)3/h5-15H,4H2,1-3H3,(H,36,37)(H,38,39). The molecule has 0 atom stereocenters. The number of aromatic nitrogens is 8. The molecule has 0 bridgehead atoms. The zero-order valence-electron chi connectivity index (χ0n) is 21.7. The zero-order valence-corrected chi connectivity index (χ0v) is 21.7. The third-order valence-electron chi connectivity index (χ3n) is 7.72. The van der Waals surface area contributed by atoms with Crippen LogP contribution in [0.5, 0.6) is 0 Å². The minimum Gasteiger partial charge on any atom is -0.341 e. The fraction of sp³-hybridized carbons (Fsp3) is 0.161. The fourth-order valence-electron chi connectivity index (χ4n) is 5.75. The number of imidazole rings is 2. The highest BCUT2D eigenvalue weighted by Crippen LogP contribution is 2.38. The number of H-pyrrole nitrogens is 2. The smallest absolute Gasteiger partial charge is 0.117 e. The Morgan fingerprint density at radius 2 is 1.31 bits per heavy atom. The Morgan fingerprint density at radius 3 is 2.05 bits per heavy atom. The fourth-order valence-corrected chi connectivity index (χ4v) is 5.75. The molecule has 39 heavy (non-hydrogen) atoms. The van der Waals surface area contributed by atoms with Crippen LogP contribution >= 0.6 is 0 Å². The highest BCUT2D eigenvalue weighted by atomic mass is 15.1. The van der Waals surface area contributed by atoms with Gasteiger partial charge in [-0.05, 0) is 28.6 Å². The number of aromatic amines is 2. The number of fused-ring (bicyclic) bond motifs is 12. The van der Waals surface area contributed by atoms with Crippen molar-refractivity contribution in [2.24, 2.45) is 0 Å². The molecule has 0 aliphatic heterocycles. The maximum absolute atomic E-state index is 4.92. The molecule has 0 aliphatic carbocycles. The molecule has 8 nitrogen and oxygen atoms in total. The van der Waals surface area contributed by atoms with Crippen LogP contribution in [0.1, 0.15) is 38.3 Å². The molecule has 0 fully saturated rings. The van der Waals surface area contributed by atoms with E-state index in [1.807, 2.05) is 12.4 Å². The second-order valence-electron chi connectivity index (χ2n) is 10.4. The second kappa shape index (κ2) is 8.01. The molecule has 4 heterocycles. The van der Waals surface area contributed by atoms with E-state index in [0.717, 1.165) is 94.6 Å². The largest absolute Gasteiger partial charge is 0.341 e. The minimum atomic E-state index is 0.293. The summed E-state index contributed by atoms with van der Waals surface area (Å²) in [6.45, 7) is 6.39. The first-order valence-corrected chi connectivity index (χ1v) is 13.2. The Kier molecular flexibility index (Phi) is 4.53. The number of hydrogen-bond donors (Lipinski definition) is 2. The van der Waals surface area contributed by atoms with Crippen LogP contribution in [0.3, 0.4) is 0 Å². The van der Waals surface area contributed by atoms with Crippen LogP contribution < -0.4 is 0 Å². The van der Waals surface area contributed by atoms with Crippen molar-refractivity contribution in [1.29, 1.82) is 0 Å². The first kappa shape index (κ1) is 22.0. The number of aryl methyl sites for hydroxylation is 1. The van der Waals surface area contributed by atoms with Crippen LogP contribution in [-0.4, -0.2) is 40.1 Å². The van der Waals surface area contributed by atoms with Gasteiger partial charge < -0.3 is 9.97 Å². The third-order valence-corrected chi connectivity index (χ3v) is 7.72. The van der Waals surface area contributed by atoms with Gasteiger partial charge in [0.25, 0.3) is 0 Å². The predicted molar refractivity (Wildman–Crippen MR) is 156 cm³/mol. The summed E-state index contributed by atoms with van der Waals surface area (Å²) in [6, 6.07) is 13.2. The van der Waals surface area contributed by atoms with E-state index in [-0.39, 0.29) is 0 Å². The van der Waals surface area contributed by atoms with Crippen molar-refractivity contribution >= 4 is 65.4 Å². The van der Waals surface area contributed by atoms with Gasteiger partial charge in [-0.25, -0.2) is 9.97 Å². The monoisotopic (exact) mass is 508 g/mol. The second-order valence-corrected chi connectivity index (χ2v) is 10.4. The first-order chi connectivity index (χ1) is 19.1. The summed E-state index contributed by atoms with van der Waals surface area (Å²) in [6.07, 6.45) is 7.96. The number of hydrogen-bond acceptors (Lipinski definition) is 6. The molecule has 2 N–H and O–H groups in total. The molecular weight excluding hydrogens is 484 g/mol. The summed E-state index contributed by atoms with van der Waals surface area (Å²) in [5.41, 5.74) is 7.75. The van der Waals surface area contributed by atoms with E-state index in [4.69, 9.17) is 15.0 Å². The van der Waals surface area contributed by atoms with Gasteiger partial charge >= 0.3 is 0 Å². The van der Waals surface area contributed by atoms with Crippen molar-refractivity contribution in [3.8, 4) is 11.1 Å². The van der Waals surface area contributed by atoms with E-state index >= 15 is 0 Å². The maximum Gasteiger partial charge on any atom is 0.117 e. The summed E-state index contributed by atoms with van der Waals surface area (Å²) in [7, 11) is 0. The maximum atomic E-state index is 4.92. The Morgan fingerprint density at radius 1 is 0.641 bits per heavy atom. The molecule has 0 aliphatic rings. The summed E-state index contributed by atoms with van der Waals surface area (Å²) in [5, 5.41) is 14.8. The minimum absolute atomic E-state index is 0.293. The first-order valence-electron chi connectivity index (χ1n) is 13.2. The molecule has 8 aromatic rings. The number of nitrogens with one attached hydrogen (secondary N) is 2. The number of benzene rings is 4. The van der Waals surface area contributed by atoms with Crippen molar-refractivity contribution in [2.75, 3.05) is 0 Å². The lowest BCUT2D eigenvalue weighted by molar-refractivity contribution is 0.799. The van der Waals surface area contributed by atoms with Gasteiger partial charge in [0, 0.05) is 51.7 Å². The van der Waals surface area contributed by atoms with Crippen LogP contribution in [-0.2, 0) is 6.42 Å². The summed E-state index contributed by atoms with van der Waals surface area (Å²) in [4.78, 5) is 26.2. The summed E-state index contributed by atoms with van der Waals surface area (Å²) < 4.78 is 0. The molecule has 0 saturated heterocycles. The van der Waals surface area contributed by atoms with E-state index in [0.29, 0.717) is 5.92 Å². The zero-order chi connectivity index (χ0) is 26.2. The van der Waals surface area contributed by atoms with Crippen LogP contribution in [0.4, 0.5) is 0 Å². The van der Waals surface area contributed by atoms with Crippen molar-refractivity contribution in [2.45, 2.75) is 33.1 Å². The van der Waals surface area contributed by atoms with Crippen LogP contribution in [0.15, 0.2) is 61.2 Å². The van der Waals surface area contributed by atoms with E-state index < -0.39 is 0 Å². The van der Waals surface area contributed by atoms with Gasteiger partial charge in [-0.15, -0.1) is 0 Å². The topological polar surface area (TPSA) is 109 Å². The van der Waals surface area contributed by atoms with Gasteiger partial charge in [-0.3, -0.25) is 9.97 Å². The van der Waals surface area contributed by atoms with Gasteiger partial charge in [-0.1, -0.05) is 45.0 Å². The van der Waals surface area contributed by atoms with Crippen molar-refractivity contribution in [3.63, 3.8) is 0 Å². The molecule has 0 radical (unpaired) electrons. The number of nitrogens with zero attached hydrogens (tertiary/aromatic N) is 6. The van der Waals surface area contributed by atoms with E-state index in [9.17, 15) is 0 Å². The highest BCUT2D eigenvalue weighted by Gasteiger charge is 2.17. The molecule has 188 valence electrons. The lowest BCUT2D eigenvalue weighted by Crippen LogP contribution is -1.89. The average Bonchev–Trinajstić information content (AvgIpc) is 3.63. The van der Waals surface area contributed by atoms with Gasteiger partial charge in [0.2, 0.25) is 0 Å². The average molecular weight is 509 g/mol. The van der Waals surface area contributed by atoms with Crippen LogP contribution in [0.25, 0.3) is 76.5 Å². The summed E-state index contributed by atoms with van der Waals surface area (Å²) in [5.74, 6) is 2.21. The van der Waals surface area contributed by atoms with Gasteiger partial charge in [0.15, 0.2) is 0 Å². The van der Waals surface area contributed by atoms with Crippen LogP contribution in [0, 0.1) is 0 Å². The Balaban J connectivity index is 1.41. The third kappa shape index (κ3) is 3.11. The molecule has 4 aromatic heterocycles. The predicted octanol–water partition coefficient (Wildman–Crippen LogP) is 6.98. The Labute approximate surface area is 222 Å². The molecule has 8 rings (SSSR count). The van der Waals surface area contributed by atoms with Gasteiger partial charge in [0.1, 0.15) is 22.7 Å². The molecular formula is C31H24N8. The quantitative estimate of drug-likeness (QED) is 0.249. The van der Waals surface area contributed by atoms with Crippen LogP contribution in [0.2, 0.25) is 0 Å². The molecule has 0 spiro atoms. The Bertz CT molecular complexity index is 2260. The van der Waals surface area contributed by atoms with Gasteiger partial charge in [0.05, 0.1) is 34.5 Å². The van der Waals surface area contributed by atoms with Crippen molar-refractivity contribution < 1.29 is 0 Å². The van der Waals surface area contributed by atoms with Crippen molar-refractivity contribution in [3.05, 3.63) is 72.8 Å². The lowest BCUT2D eigenvalue weighted by atomic mass is 9.95. The van der Waals surface area contributed by atoms with E-state index in [1.54, 1.807) is 12.4 Å². The Hall–Kier alpha value is -4.98.